The van der Waals surface area contributed by atoms with Crippen LogP contribution >= 0.6 is 11.3 Å². The minimum Gasteiger partial charge on any atom is -0.358 e. The van der Waals surface area contributed by atoms with Gasteiger partial charge in [0.1, 0.15) is 4.88 Å². The molecule has 0 bridgehead atoms. The predicted molar refractivity (Wildman–Crippen MR) is 71.1 cm³/mol. The Labute approximate surface area is 112 Å². The van der Waals surface area contributed by atoms with E-state index in [1.807, 2.05) is 42.5 Å². The van der Waals surface area contributed by atoms with Crippen LogP contribution in [0.4, 0.5) is 18.3 Å². The summed E-state index contributed by atoms with van der Waals surface area (Å²) >= 11 is 0.605. The molecule has 1 heterocycles. The van der Waals surface area contributed by atoms with Crippen LogP contribution in [0.1, 0.15) is 10.4 Å². The number of benzene rings is 1. The number of rotatable bonds is 4. The molecule has 0 aliphatic rings. The highest BCUT2D eigenvalue weighted by atomic mass is 32.1. The molecule has 6 heteroatoms. The third-order valence-electron chi connectivity index (χ3n) is 2.27. The number of aromatic nitrogens is 1. The molecule has 0 saturated carbocycles. The van der Waals surface area contributed by atoms with Gasteiger partial charge in [-0.1, -0.05) is 53.8 Å². The lowest BCUT2D eigenvalue weighted by Gasteiger charge is -2.00. The van der Waals surface area contributed by atoms with Gasteiger partial charge in [0.2, 0.25) is 0 Å². The molecule has 0 spiro atoms. The van der Waals surface area contributed by atoms with Crippen LogP contribution in [0.25, 0.3) is 6.08 Å². The zero-order valence-electron chi connectivity index (χ0n) is 9.82. The SMILES string of the molecule is FC(F)(F)c1cnc(NC/C=C/c2ccccc2)s1. The number of thiazole rings is 1. The summed E-state index contributed by atoms with van der Waals surface area (Å²) in [7, 11) is 0. The molecule has 1 aromatic heterocycles. The Morgan fingerprint density at radius 1 is 1.21 bits per heavy atom. The first-order chi connectivity index (χ1) is 9.05. The number of anilines is 1. The largest absolute Gasteiger partial charge is 0.427 e. The van der Waals surface area contributed by atoms with Gasteiger partial charge in [0, 0.05) is 6.54 Å². The van der Waals surface area contributed by atoms with Crippen LogP contribution < -0.4 is 5.32 Å². The predicted octanol–water partition coefficient (Wildman–Crippen LogP) is 4.29. The molecule has 0 amide bonds. The third-order valence-corrected chi connectivity index (χ3v) is 3.27. The lowest BCUT2D eigenvalue weighted by Crippen LogP contribution is -2.00. The molecule has 100 valence electrons. The number of hydrogen-bond acceptors (Lipinski definition) is 3. The summed E-state index contributed by atoms with van der Waals surface area (Å²) < 4.78 is 37.0. The van der Waals surface area contributed by atoms with Gasteiger partial charge in [0.05, 0.1) is 6.20 Å². The van der Waals surface area contributed by atoms with Crippen molar-refractivity contribution in [1.82, 2.24) is 4.98 Å². The average molecular weight is 284 g/mol. The minimum atomic E-state index is -4.32. The number of nitrogens with one attached hydrogen (secondary N) is 1. The van der Waals surface area contributed by atoms with Crippen LogP contribution in [-0.2, 0) is 6.18 Å². The van der Waals surface area contributed by atoms with Gasteiger partial charge in [-0.05, 0) is 5.56 Å². The summed E-state index contributed by atoms with van der Waals surface area (Å²) in [6, 6.07) is 9.65. The summed E-state index contributed by atoms with van der Waals surface area (Å²) in [4.78, 5) is 2.99. The number of halogens is 3. The van der Waals surface area contributed by atoms with Crippen LogP contribution in [0.3, 0.4) is 0 Å². The molecule has 0 radical (unpaired) electrons. The summed E-state index contributed by atoms with van der Waals surface area (Å²) in [5, 5.41) is 3.10. The van der Waals surface area contributed by atoms with Crippen molar-refractivity contribution in [3.8, 4) is 0 Å². The van der Waals surface area contributed by atoms with Gasteiger partial charge in [0.15, 0.2) is 5.13 Å². The highest BCUT2D eigenvalue weighted by Crippen LogP contribution is 2.34. The van der Waals surface area contributed by atoms with E-state index in [-0.39, 0.29) is 5.13 Å². The molecule has 1 N–H and O–H groups in total. The van der Waals surface area contributed by atoms with Crippen molar-refractivity contribution in [1.29, 1.82) is 0 Å². The Bertz CT molecular complexity index is 547. The molecule has 0 atom stereocenters. The second kappa shape index (κ2) is 5.88. The quantitative estimate of drug-likeness (QED) is 0.906. The van der Waals surface area contributed by atoms with Gasteiger partial charge in [-0.25, -0.2) is 4.98 Å². The van der Waals surface area contributed by atoms with Gasteiger partial charge in [-0.3, -0.25) is 0 Å². The molecule has 2 rings (SSSR count). The molecule has 2 aromatic rings. The molecule has 0 saturated heterocycles. The van der Waals surface area contributed by atoms with E-state index in [2.05, 4.69) is 10.3 Å². The van der Waals surface area contributed by atoms with E-state index in [1.54, 1.807) is 0 Å². The average Bonchev–Trinajstić information content (AvgIpc) is 2.85. The Morgan fingerprint density at radius 2 is 1.95 bits per heavy atom. The fourth-order valence-corrected chi connectivity index (χ4v) is 2.08. The highest BCUT2D eigenvalue weighted by molar-refractivity contribution is 7.15. The molecule has 0 unspecified atom stereocenters. The van der Waals surface area contributed by atoms with E-state index in [1.165, 1.54) is 0 Å². The van der Waals surface area contributed by atoms with E-state index >= 15 is 0 Å². The van der Waals surface area contributed by atoms with E-state index in [0.29, 0.717) is 17.9 Å². The molecule has 2 nitrogen and oxygen atoms in total. The van der Waals surface area contributed by atoms with Gasteiger partial charge in [-0.15, -0.1) is 0 Å². The first kappa shape index (κ1) is 13.6. The second-order valence-corrected chi connectivity index (χ2v) is 4.75. The smallest absolute Gasteiger partial charge is 0.358 e. The third kappa shape index (κ3) is 4.10. The topological polar surface area (TPSA) is 24.9 Å². The molecule has 0 aliphatic carbocycles. The first-order valence-electron chi connectivity index (χ1n) is 5.54. The van der Waals surface area contributed by atoms with Crippen LogP contribution in [0, 0.1) is 0 Å². The lowest BCUT2D eigenvalue weighted by atomic mass is 10.2. The maximum absolute atomic E-state index is 12.3. The molecule has 0 aliphatic heterocycles. The zero-order chi connectivity index (χ0) is 13.7. The van der Waals surface area contributed by atoms with E-state index < -0.39 is 11.1 Å². The maximum Gasteiger partial charge on any atom is 0.427 e. The highest BCUT2D eigenvalue weighted by Gasteiger charge is 2.33. The van der Waals surface area contributed by atoms with Crippen molar-refractivity contribution in [3.63, 3.8) is 0 Å². The van der Waals surface area contributed by atoms with Crippen LogP contribution in [-0.4, -0.2) is 11.5 Å². The van der Waals surface area contributed by atoms with E-state index in [9.17, 15) is 13.2 Å². The second-order valence-electron chi connectivity index (χ2n) is 3.72. The Hall–Kier alpha value is -1.82. The van der Waals surface area contributed by atoms with Gasteiger partial charge in [-0.2, -0.15) is 13.2 Å². The van der Waals surface area contributed by atoms with Crippen molar-refractivity contribution >= 4 is 22.5 Å². The molecule has 0 fully saturated rings. The zero-order valence-corrected chi connectivity index (χ0v) is 10.6. The van der Waals surface area contributed by atoms with E-state index in [4.69, 9.17) is 0 Å². The summed E-state index contributed by atoms with van der Waals surface area (Å²) in [5.41, 5.74) is 1.04. The minimum absolute atomic E-state index is 0.269. The molecular formula is C13H11F3N2S. The summed E-state index contributed by atoms with van der Waals surface area (Å²) in [6.07, 6.45) is 0.251. The number of nitrogens with zero attached hydrogens (tertiary/aromatic N) is 1. The first-order valence-corrected chi connectivity index (χ1v) is 6.36. The normalized spacial score (nSPS) is 11.9. The molecular weight excluding hydrogens is 273 g/mol. The van der Waals surface area contributed by atoms with E-state index in [0.717, 1.165) is 11.8 Å². The fourth-order valence-electron chi connectivity index (χ4n) is 1.39. The van der Waals surface area contributed by atoms with Gasteiger partial charge < -0.3 is 5.32 Å². The Kier molecular flexibility index (Phi) is 4.21. The standard InChI is InChI=1S/C13H11F3N2S/c14-13(15,16)11-9-18-12(19-11)17-8-4-7-10-5-2-1-3-6-10/h1-7,9H,8H2,(H,17,18)/b7-4+. The molecule has 19 heavy (non-hydrogen) atoms. The summed E-state index contributed by atoms with van der Waals surface area (Å²) in [5.74, 6) is 0. The van der Waals surface area contributed by atoms with Crippen molar-refractivity contribution < 1.29 is 13.2 Å². The number of hydrogen-bond donors (Lipinski definition) is 1. The van der Waals surface area contributed by atoms with Crippen molar-refractivity contribution in [3.05, 3.63) is 53.0 Å². The van der Waals surface area contributed by atoms with Crippen LogP contribution in [0.5, 0.6) is 0 Å². The summed E-state index contributed by atoms with van der Waals surface area (Å²) in [6.45, 7) is 0.430. The Balaban J connectivity index is 1.86. The number of alkyl halides is 3. The lowest BCUT2D eigenvalue weighted by molar-refractivity contribution is -0.134. The van der Waals surface area contributed by atoms with Gasteiger partial charge in [0.25, 0.3) is 0 Å². The van der Waals surface area contributed by atoms with Crippen LogP contribution in [0.2, 0.25) is 0 Å². The van der Waals surface area contributed by atoms with Crippen LogP contribution in [0.15, 0.2) is 42.6 Å². The Morgan fingerprint density at radius 3 is 2.58 bits per heavy atom. The van der Waals surface area contributed by atoms with Crippen molar-refractivity contribution in [2.45, 2.75) is 6.18 Å². The maximum atomic E-state index is 12.3. The fraction of sp³-hybridized carbons (Fsp3) is 0.154. The molecule has 1 aromatic carbocycles. The monoisotopic (exact) mass is 284 g/mol. The van der Waals surface area contributed by atoms with Crippen molar-refractivity contribution in [2.75, 3.05) is 11.9 Å². The van der Waals surface area contributed by atoms with Crippen molar-refractivity contribution in [2.24, 2.45) is 0 Å². The van der Waals surface area contributed by atoms with Gasteiger partial charge >= 0.3 is 6.18 Å².